The van der Waals surface area contributed by atoms with E-state index in [2.05, 4.69) is 36.8 Å². The number of carboxylic acids is 1. The first kappa shape index (κ1) is 37.2. The molecule has 22 heteroatoms. The Labute approximate surface area is 309 Å². The first-order valence-electron chi connectivity index (χ1n) is 15.9. The number of carboxylic acid groups (broad SMARTS) is 2. The summed E-state index contributed by atoms with van der Waals surface area (Å²) in [4.78, 5) is 78.6. The molecule has 6 amide bonds. The van der Waals surface area contributed by atoms with E-state index in [1.165, 1.54) is 71.7 Å². The van der Waals surface area contributed by atoms with Crippen LogP contribution in [-0.4, -0.2) is 91.6 Å². The average Bonchev–Trinajstić information content (AvgIpc) is 3.74. The Bertz CT molecular complexity index is 2270. The summed E-state index contributed by atoms with van der Waals surface area (Å²) in [7, 11) is -3.82. The fourth-order valence-corrected chi connectivity index (χ4v) is 7.13. The number of para-hydroxylation sites is 1. The molecule has 0 spiro atoms. The molecule has 2 unspecified atom stereocenters. The van der Waals surface area contributed by atoms with Crippen LogP contribution in [0.5, 0.6) is 0 Å². The molecule has 2 heterocycles. The van der Waals surface area contributed by atoms with Crippen LogP contribution in [0.25, 0.3) is 5.69 Å². The van der Waals surface area contributed by atoms with Crippen LogP contribution < -0.4 is 30.9 Å². The van der Waals surface area contributed by atoms with E-state index < -0.39 is 69.2 Å². The first-order chi connectivity index (χ1) is 25.7. The van der Waals surface area contributed by atoms with Gasteiger partial charge in [-0.2, -0.15) is 4.68 Å². The number of nitrogens with zero attached hydrogens (tertiary/aromatic N) is 5. The topological polar surface area (TPSA) is 284 Å². The molecule has 2 aliphatic rings. The van der Waals surface area contributed by atoms with Crippen molar-refractivity contribution in [3.8, 4) is 5.69 Å². The molecule has 2 atom stereocenters. The number of tetrazole rings is 1. The fraction of sp³-hybridized carbons (Fsp3) is 0.219. The second-order valence-corrected chi connectivity index (χ2v) is 14.6. The van der Waals surface area contributed by atoms with Crippen molar-refractivity contribution in [3.63, 3.8) is 0 Å². The van der Waals surface area contributed by atoms with Gasteiger partial charge in [0.15, 0.2) is 0 Å². The Morgan fingerprint density at radius 2 is 1.65 bits per heavy atom. The van der Waals surface area contributed by atoms with Crippen molar-refractivity contribution < 1.29 is 47.4 Å². The standard InChI is InChI=1S/C32H29ClN10O10S/c33-19-7-12-25(42-16-34-40-41-42)22(14-19)36-27(45)28(46)37-23(13-17-5-8-20(9-6-17)35-30(49)39-54(52,53)21-10-11-21)26(44)38-32(29(47)48)15-18-3-1-2-4-24(18)43(32)31(50)51/h1-9,12,14,16,21,23H,10-11,13,15H2,(H,36,45)(H,37,46)(H,38,44)(H,47,48)(H,50,51)(H2,35,39,49). The van der Waals surface area contributed by atoms with Crippen molar-refractivity contribution in [3.05, 3.63) is 89.2 Å². The second-order valence-electron chi connectivity index (χ2n) is 12.2. The molecule has 1 aliphatic carbocycles. The summed E-state index contributed by atoms with van der Waals surface area (Å²) >= 11 is 6.11. The molecule has 1 fully saturated rings. The van der Waals surface area contributed by atoms with Gasteiger partial charge in [0.1, 0.15) is 12.4 Å². The Morgan fingerprint density at radius 3 is 2.30 bits per heavy atom. The highest BCUT2D eigenvalue weighted by Crippen LogP contribution is 2.38. The van der Waals surface area contributed by atoms with Gasteiger partial charge in [-0.25, -0.2) is 32.4 Å². The van der Waals surface area contributed by atoms with Crippen LogP contribution in [0.2, 0.25) is 5.02 Å². The average molecular weight is 781 g/mol. The summed E-state index contributed by atoms with van der Waals surface area (Å²) < 4.78 is 27.3. The van der Waals surface area contributed by atoms with Crippen molar-refractivity contribution in [2.45, 2.75) is 42.6 Å². The van der Waals surface area contributed by atoms with Crippen molar-refractivity contribution >= 4 is 74.5 Å². The summed E-state index contributed by atoms with van der Waals surface area (Å²) in [6, 6.07) is 13.1. The van der Waals surface area contributed by atoms with Gasteiger partial charge in [0.05, 0.1) is 22.3 Å². The van der Waals surface area contributed by atoms with Gasteiger partial charge in [0, 0.05) is 23.6 Å². The van der Waals surface area contributed by atoms with Gasteiger partial charge in [-0.1, -0.05) is 41.9 Å². The van der Waals surface area contributed by atoms with Crippen molar-refractivity contribution in [2.75, 3.05) is 15.5 Å². The Hall–Kier alpha value is -6.61. The van der Waals surface area contributed by atoms with Crippen molar-refractivity contribution in [2.24, 2.45) is 0 Å². The maximum atomic E-state index is 14.0. The van der Waals surface area contributed by atoms with E-state index in [1.54, 1.807) is 6.07 Å². The normalized spacial score (nSPS) is 16.7. The van der Waals surface area contributed by atoms with Crippen molar-refractivity contribution in [1.82, 2.24) is 35.6 Å². The number of fused-ring (bicyclic) bond motifs is 1. The number of hydrogen-bond acceptors (Lipinski definition) is 11. The number of hydrogen-bond donors (Lipinski definition) is 7. The van der Waals surface area contributed by atoms with E-state index in [-0.39, 0.29) is 34.2 Å². The number of urea groups is 1. The Kier molecular flexibility index (Phi) is 10.2. The summed E-state index contributed by atoms with van der Waals surface area (Å²) in [6.45, 7) is 0. The van der Waals surface area contributed by atoms with Crippen LogP contribution in [0.15, 0.2) is 73.1 Å². The van der Waals surface area contributed by atoms with E-state index in [1.807, 2.05) is 4.72 Å². The molecule has 54 heavy (non-hydrogen) atoms. The number of halogens is 1. The lowest BCUT2D eigenvalue weighted by Gasteiger charge is -2.35. The van der Waals surface area contributed by atoms with E-state index in [0.29, 0.717) is 28.9 Å². The number of aliphatic carboxylic acids is 1. The van der Waals surface area contributed by atoms with E-state index in [0.717, 1.165) is 0 Å². The lowest BCUT2D eigenvalue weighted by atomic mass is 10.0. The van der Waals surface area contributed by atoms with Gasteiger partial charge in [0.2, 0.25) is 21.6 Å². The predicted molar refractivity (Wildman–Crippen MR) is 188 cm³/mol. The highest BCUT2D eigenvalue weighted by molar-refractivity contribution is 7.91. The van der Waals surface area contributed by atoms with Crippen LogP contribution in [0.1, 0.15) is 24.0 Å². The summed E-state index contributed by atoms with van der Waals surface area (Å²) in [6.07, 6.45) is -0.410. The molecule has 280 valence electrons. The molecule has 0 radical (unpaired) electrons. The zero-order chi connectivity index (χ0) is 38.8. The molecular weight excluding hydrogens is 752 g/mol. The molecule has 1 saturated carbocycles. The number of benzene rings is 3. The lowest BCUT2D eigenvalue weighted by molar-refractivity contribution is -0.147. The number of rotatable bonds is 11. The third kappa shape index (κ3) is 7.90. The molecule has 1 aliphatic heterocycles. The molecule has 1 aromatic heterocycles. The monoisotopic (exact) mass is 780 g/mol. The number of sulfonamides is 1. The molecule has 7 N–H and O–H groups in total. The van der Waals surface area contributed by atoms with Crippen LogP contribution in [0.4, 0.5) is 26.7 Å². The van der Waals surface area contributed by atoms with Gasteiger partial charge in [-0.15, -0.1) is 5.10 Å². The van der Waals surface area contributed by atoms with Crippen molar-refractivity contribution in [1.29, 1.82) is 0 Å². The molecule has 0 bridgehead atoms. The minimum atomic E-state index is -3.82. The lowest BCUT2D eigenvalue weighted by Crippen LogP contribution is -2.68. The minimum Gasteiger partial charge on any atom is -0.478 e. The van der Waals surface area contributed by atoms with Crippen LogP contribution >= 0.6 is 11.6 Å². The molecule has 4 aromatic rings. The van der Waals surface area contributed by atoms with Gasteiger partial charge >= 0.3 is 29.9 Å². The zero-order valence-corrected chi connectivity index (χ0v) is 29.2. The van der Waals surface area contributed by atoms with Crippen LogP contribution in [0.3, 0.4) is 0 Å². The largest absolute Gasteiger partial charge is 0.478 e. The van der Waals surface area contributed by atoms with Gasteiger partial charge in [0.25, 0.3) is 0 Å². The predicted octanol–water partition coefficient (Wildman–Crippen LogP) is 1.23. The second kappa shape index (κ2) is 14.8. The molecule has 6 rings (SSSR count). The SMILES string of the molecule is O=C(Nc1ccc(CC(NC(=O)C(=O)Nc2cc(Cl)ccc2-n2cnnn2)C(=O)NC2(C(=O)O)Cc3ccccc3N2C(=O)O)cc1)NS(=O)(=O)C1CC1. The number of aromatic nitrogens is 4. The van der Waals surface area contributed by atoms with Crippen LogP contribution in [0, 0.1) is 0 Å². The Morgan fingerprint density at radius 1 is 0.926 bits per heavy atom. The van der Waals surface area contributed by atoms with Gasteiger partial charge in [-0.05, 0) is 70.8 Å². The maximum absolute atomic E-state index is 14.0. The number of nitrogens with one attached hydrogen (secondary N) is 5. The fourth-order valence-electron chi connectivity index (χ4n) is 5.72. The highest BCUT2D eigenvalue weighted by Gasteiger charge is 2.55. The number of carbonyl (C=O) groups is 6. The summed E-state index contributed by atoms with van der Waals surface area (Å²) in [5, 5.41) is 40.2. The highest BCUT2D eigenvalue weighted by atomic mass is 35.5. The quantitative estimate of drug-likeness (QED) is 0.106. The van der Waals surface area contributed by atoms with Gasteiger partial charge < -0.3 is 31.5 Å². The number of anilines is 3. The number of amides is 6. The maximum Gasteiger partial charge on any atom is 0.414 e. The van der Waals surface area contributed by atoms with Gasteiger partial charge in [-0.3, -0.25) is 14.4 Å². The molecule has 0 saturated heterocycles. The molecule has 3 aromatic carbocycles. The zero-order valence-electron chi connectivity index (χ0n) is 27.6. The summed E-state index contributed by atoms with van der Waals surface area (Å²) in [5.74, 6) is -5.50. The third-order valence-electron chi connectivity index (χ3n) is 8.42. The summed E-state index contributed by atoms with van der Waals surface area (Å²) in [5.41, 5.74) is -1.50. The third-order valence-corrected chi connectivity index (χ3v) is 10.5. The smallest absolute Gasteiger partial charge is 0.414 e. The molecular formula is C32H29ClN10O10S. The van der Waals surface area contributed by atoms with E-state index in [4.69, 9.17) is 11.6 Å². The minimum absolute atomic E-state index is 0.0126. The first-order valence-corrected chi connectivity index (χ1v) is 17.8. The molecule has 20 nitrogen and oxygen atoms in total. The van der Waals surface area contributed by atoms with E-state index in [9.17, 15) is 47.4 Å². The Balaban J connectivity index is 1.25. The van der Waals surface area contributed by atoms with Crippen LogP contribution in [-0.2, 0) is 42.0 Å². The van der Waals surface area contributed by atoms with E-state index >= 15 is 0 Å². The number of carbonyl (C=O) groups excluding carboxylic acids is 4.